The number of hydrogen-bond acceptors (Lipinski definition) is 5. The van der Waals surface area contributed by atoms with Gasteiger partial charge in [0.15, 0.2) is 0 Å². The molecule has 1 aromatic heterocycles. The lowest BCUT2D eigenvalue weighted by atomic mass is 10.2. The average molecular weight is 382 g/mol. The zero-order valence-corrected chi connectivity index (χ0v) is 16.6. The summed E-state index contributed by atoms with van der Waals surface area (Å²) in [6, 6.07) is 9.13. The van der Waals surface area contributed by atoms with Crippen molar-refractivity contribution in [3.8, 4) is 5.75 Å². The molecule has 1 saturated carbocycles. The van der Waals surface area contributed by atoms with Gasteiger partial charge in [0.25, 0.3) is 0 Å². The number of benzene rings is 1. The van der Waals surface area contributed by atoms with Crippen molar-refractivity contribution in [1.82, 2.24) is 25.0 Å². The first-order valence-electron chi connectivity index (χ1n) is 11.0. The Labute approximate surface area is 167 Å². The summed E-state index contributed by atoms with van der Waals surface area (Å²) in [5.41, 5.74) is 1.36. The maximum absolute atomic E-state index is 6.10. The predicted molar refractivity (Wildman–Crippen MR) is 108 cm³/mol. The van der Waals surface area contributed by atoms with Gasteiger partial charge in [0, 0.05) is 32.6 Å². The van der Waals surface area contributed by atoms with E-state index >= 15 is 0 Å². The second-order valence-corrected chi connectivity index (χ2v) is 8.47. The molecule has 1 N–H and O–H groups in total. The summed E-state index contributed by atoms with van der Waals surface area (Å²) in [6.07, 6.45) is 8.84. The summed E-state index contributed by atoms with van der Waals surface area (Å²) in [7, 11) is 0. The van der Waals surface area contributed by atoms with Crippen molar-refractivity contribution < 1.29 is 4.74 Å². The van der Waals surface area contributed by atoms with Gasteiger partial charge >= 0.3 is 0 Å². The molecule has 1 saturated heterocycles. The Morgan fingerprint density at radius 3 is 2.61 bits per heavy atom. The van der Waals surface area contributed by atoms with Gasteiger partial charge in [0.1, 0.15) is 17.4 Å². The third-order valence-corrected chi connectivity index (χ3v) is 6.45. The molecule has 2 aliphatic heterocycles. The highest BCUT2D eigenvalue weighted by Crippen LogP contribution is 2.25. The maximum atomic E-state index is 6.10. The van der Waals surface area contributed by atoms with Crippen molar-refractivity contribution in [3.63, 3.8) is 0 Å². The average Bonchev–Trinajstić information content (AvgIpc) is 3.46. The van der Waals surface area contributed by atoms with Gasteiger partial charge in [-0.15, -0.1) is 10.2 Å². The molecule has 2 aromatic rings. The molecule has 3 heterocycles. The topological polar surface area (TPSA) is 55.2 Å². The molecule has 5 rings (SSSR count). The van der Waals surface area contributed by atoms with Crippen LogP contribution in [-0.4, -0.2) is 45.4 Å². The Morgan fingerprint density at radius 1 is 0.964 bits per heavy atom. The first-order chi connectivity index (χ1) is 13.8. The summed E-state index contributed by atoms with van der Waals surface area (Å²) >= 11 is 0. The van der Waals surface area contributed by atoms with Crippen LogP contribution >= 0.6 is 0 Å². The van der Waals surface area contributed by atoms with Gasteiger partial charge in [-0.3, -0.25) is 4.90 Å². The van der Waals surface area contributed by atoms with Crippen LogP contribution in [0, 0.1) is 0 Å². The molecule has 0 bridgehead atoms. The summed E-state index contributed by atoms with van der Waals surface area (Å²) in [6.45, 7) is 5.15. The molecule has 1 atom stereocenters. The van der Waals surface area contributed by atoms with Gasteiger partial charge < -0.3 is 14.6 Å². The van der Waals surface area contributed by atoms with E-state index in [2.05, 4.69) is 49.2 Å². The van der Waals surface area contributed by atoms with Gasteiger partial charge in [-0.05, 0) is 62.8 Å². The molecule has 6 heteroatoms. The Kier molecular flexibility index (Phi) is 5.32. The minimum absolute atomic E-state index is 0.389. The molecular weight excluding hydrogens is 350 g/mol. The third kappa shape index (κ3) is 3.94. The van der Waals surface area contributed by atoms with Crippen LogP contribution in [0.4, 0.5) is 0 Å². The lowest BCUT2D eigenvalue weighted by Crippen LogP contribution is -2.27. The molecule has 28 heavy (non-hydrogen) atoms. The molecule has 0 spiro atoms. The lowest BCUT2D eigenvalue weighted by molar-refractivity contribution is 0.210. The number of ether oxygens (including phenoxy) is 1. The van der Waals surface area contributed by atoms with Crippen LogP contribution in [0.5, 0.6) is 5.75 Å². The van der Waals surface area contributed by atoms with E-state index in [0.29, 0.717) is 12.1 Å². The standard InChI is InChI=1S/C22H31N5O/c1-2-5-18(4-1)28-19-9-7-17(8-10-19)16-26-13-11-21-24-25-22(27(21)15-14-26)20-6-3-12-23-20/h7-10,18,20,23H,1-6,11-16H2/t20-/m1/s1. The molecule has 150 valence electrons. The van der Waals surface area contributed by atoms with E-state index in [1.807, 2.05) is 0 Å². The summed E-state index contributed by atoms with van der Waals surface area (Å²) in [4.78, 5) is 2.54. The number of nitrogens with zero attached hydrogens (tertiary/aromatic N) is 4. The first-order valence-corrected chi connectivity index (χ1v) is 11.0. The van der Waals surface area contributed by atoms with Crippen LogP contribution in [0.2, 0.25) is 0 Å². The minimum atomic E-state index is 0.389. The minimum Gasteiger partial charge on any atom is -0.490 e. The fraction of sp³-hybridized carbons (Fsp3) is 0.636. The van der Waals surface area contributed by atoms with Gasteiger partial charge in [0.2, 0.25) is 0 Å². The van der Waals surface area contributed by atoms with E-state index in [1.165, 1.54) is 44.1 Å². The van der Waals surface area contributed by atoms with E-state index in [-0.39, 0.29) is 0 Å². The molecule has 1 aromatic carbocycles. The maximum Gasteiger partial charge on any atom is 0.150 e. The van der Waals surface area contributed by atoms with Crippen LogP contribution in [0.3, 0.4) is 0 Å². The third-order valence-electron chi connectivity index (χ3n) is 6.45. The summed E-state index contributed by atoms with van der Waals surface area (Å²) in [5.74, 6) is 3.31. The normalized spacial score (nSPS) is 23.6. The molecule has 6 nitrogen and oxygen atoms in total. The van der Waals surface area contributed by atoms with Crippen molar-refractivity contribution >= 4 is 0 Å². The lowest BCUT2D eigenvalue weighted by Gasteiger charge is -2.20. The molecular formula is C22H31N5O. The van der Waals surface area contributed by atoms with Gasteiger partial charge in [0.05, 0.1) is 12.1 Å². The second-order valence-electron chi connectivity index (χ2n) is 8.47. The highest BCUT2D eigenvalue weighted by molar-refractivity contribution is 5.27. The Morgan fingerprint density at radius 2 is 1.82 bits per heavy atom. The van der Waals surface area contributed by atoms with Crippen LogP contribution in [0.25, 0.3) is 0 Å². The zero-order chi connectivity index (χ0) is 18.8. The van der Waals surface area contributed by atoms with Crippen LogP contribution < -0.4 is 10.1 Å². The van der Waals surface area contributed by atoms with Crippen LogP contribution in [0.1, 0.15) is 61.8 Å². The van der Waals surface area contributed by atoms with E-state index < -0.39 is 0 Å². The van der Waals surface area contributed by atoms with Gasteiger partial charge in [-0.2, -0.15) is 0 Å². The Balaban J connectivity index is 1.19. The second kappa shape index (κ2) is 8.21. The summed E-state index contributed by atoms with van der Waals surface area (Å²) < 4.78 is 8.46. The number of fused-ring (bicyclic) bond motifs is 1. The Hall–Kier alpha value is -1.92. The Bertz CT molecular complexity index is 775. The largest absolute Gasteiger partial charge is 0.490 e. The fourth-order valence-electron chi connectivity index (χ4n) is 4.84. The van der Waals surface area contributed by atoms with E-state index in [1.54, 1.807) is 0 Å². The molecule has 0 amide bonds. The first kappa shape index (κ1) is 18.1. The molecule has 2 fully saturated rings. The number of rotatable bonds is 5. The molecule has 1 aliphatic carbocycles. The SMILES string of the molecule is c1cc(OC2CCCC2)ccc1CN1CCc2nnc([C@H]3CCCN3)n2CC1. The number of nitrogens with one attached hydrogen (secondary N) is 1. The van der Waals surface area contributed by atoms with Crippen molar-refractivity contribution in [2.24, 2.45) is 0 Å². The van der Waals surface area contributed by atoms with Crippen molar-refractivity contribution in [2.75, 3.05) is 19.6 Å². The van der Waals surface area contributed by atoms with Crippen molar-refractivity contribution in [1.29, 1.82) is 0 Å². The number of hydrogen-bond donors (Lipinski definition) is 1. The predicted octanol–water partition coefficient (Wildman–Crippen LogP) is 3.08. The molecule has 3 aliphatic rings. The van der Waals surface area contributed by atoms with Crippen LogP contribution in [0.15, 0.2) is 24.3 Å². The van der Waals surface area contributed by atoms with Crippen molar-refractivity contribution in [2.45, 2.75) is 70.2 Å². The highest BCUT2D eigenvalue weighted by atomic mass is 16.5. The van der Waals surface area contributed by atoms with E-state index in [4.69, 9.17) is 4.74 Å². The smallest absolute Gasteiger partial charge is 0.150 e. The fourth-order valence-corrected chi connectivity index (χ4v) is 4.84. The van der Waals surface area contributed by atoms with E-state index in [9.17, 15) is 0 Å². The molecule has 0 unspecified atom stereocenters. The monoisotopic (exact) mass is 381 g/mol. The van der Waals surface area contributed by atoms with Crippen LogP contribution in [-0.2, 0) is 19.5 Å². The highest BCUT2D eigenvalue weighted by Gasteiger charge is 2.26. The molecule has 0 radical (unpaired) electrons. The summed E-state index contributed by atoms with van der Waals surface area (Å²) in [5, 5.41) is 12.6. The van der Waals surface area contributed by atoms with E-state index in [0.717, 1.165) is 56.5 Å². The zero-order valence-electron chi connectivity index (χ0n) is 16.6. The quantitative estimate of drug-likeness (QED) is 0.863. The van der Waals surface area contributed by atoms with Crippen molar-refractivity contribution in [3.05, 3.63) is 41.5 Å². The van der Waals surface area contributed by atoms with Gasteiger partial charge in [-0.1, -0.05) is 12.1 Å². The number of aromatic nitrogens is 3. The van der Waals surface area contributed by atoms with Gasteiger partial charge in [-0.25, -0.2) is 0 Å².